The van der Waals surface area contributed by atoms with E-state index in [1.54, 1.807) is 18.6 Å². The van der Waals surface area contributed by atoms with Crippen molar-refractivity contribution in [1.82, 2.24) is 4.57 Å². The van der Waals surface area contributed by atoms with Crippen LogP contribution >= 0.6 is 27.3 Å². The van der Waals surface area contributed by atoms with Crippen molar-refractivity contribution < 1.29 is 19.0 Å². The predicted molar refractivity (Wildman–Crippen MR) is 153 cm³/mol. The minimum atomic E-state index is -0.747. The van der Waals surface area contributed by atoms with Gasteiger partial charge in [-0.15, -0.1) is 0 Å². The van der Waals surface area contributed by atoms with Gasteiger partial charge >= 0.3 is 5.97 Å². The molecule has 200 valence electrons. The molecule has 1 aliphatic rings. The van der Waals surface area contributed by atoms with Crippen LogP contribution in [0.25, 0.3) is 6.08 Å². The Kier molecular flexibility index (Phi) is 8.89. The molecule has 4 rings (SSSR count). The quantitative estimate of drug-likeness (QED) is 0.319. The highest BCUT2D eigenvalue weighted by molar-refractivity contribution is 9.10. The molecule has 0 amide bonds. The van der Waals surface area contributed by atoms with Crippen molar-refractivity contribution in [3.63, 3.8) is 0 Å². The van der Waals surface area contributed by atoms with Crippen LogP contribution in [0.4, 0.5) is 0 Å². The third-order valence-corrected chi connectivity index (χ3v) is 7.40. The molecule has 2 aromatic carbocycles. The maximum Gasteiger partial charge on any atom is 0.338 e. The molecule has 1 atom stereocenters. The molecule has 0 aliphatic carbocycles. The van der Waals surface area contributed by atoms with E-state index in [-0.39, 0.29) is 18.3 Å². The monoisotopic (exact) mass is 598 g/mol. The van der Waals surface area contributed by atoms with Crippen LogP contribution in [0.2, 0.25) is 0 Å². The fraction of sp³-hybridized carbons (Fsp3) is 0.345. The highest BCUT2D eigenvalue weighted by Crippen LogP contribution is 2.38. The highest BCUT2D eigenvalue weighted by Gasteiger charge is 2.36. The number of nitrogens with zero attached hydrogens (tertiary/aromatic N) is 2. The zero-order valence-corrected chi connectivity index (χ0v) is 24.5. The Hall–Kier alpha value is -3.17. The van der Waals surface area contributed by atoms with Crippen molar-refractivity contribution in [2.75, 3.05) is 13.7 Å². The molecule has 0 saturated carbocycles. The van der Waals surface area contributed by atoms with Gasteiger partial charge in [-0.2, -0.15) is 0 Å². The Morgan fingerprint density at radius 2 is 1.92 bits per heavy atom. The Bertz CT molecular complexity index is 1540. The molecule has 3 aromatic rings. The first-order valence-electron chi connectivity index (χ1n) is 12.6. The fourth-order valence-electron chi connectivity index (χ4n) is 4.40. The molecule has 1 aromatic heterocycles. The third kappa shape index (κ3) is 5.78. The summed E-state index contributed by atoms with van der Waals surface area (Å²) >= 11 is 4.84. The van der Waals surface area contributed by atoms with Crippen LogP contribution in [0.3, 0.4) is 0 Å². The van der Waals surface area contributed by atoms with E-state index in [1.165, 1.54) is 11.3 Å². The second-order valence-corrected chi connectivity index (χ2v) is 11.0. The topological polar surface area (TPSA) is 79.1 Å². The normalized spacial score (nSPS) is 15.3. The van der Waals surface area contributed by atoms with E-state index in [4.69, 9.17) is 19.2 Å². The summed E-state index contributed by atoms with van der Waals surface area (Å²) in [5.74, 6) is 0.846. The summed E-state index contributed by atoms with van der Waals surface area (Å²) in [6.07, 6.45) is 3.27. The number of fused-ring (bicyclic) bond motifs is 1. The van der Waals surface area contributed by atoms with E-state index in [2.05, 4.69) is 15.9 Å². The number of allylic oxidation sites excluding steroid dienone is 1. The van der Waals surface area contributed by atoms with Gasteiger partial charge in [0.1, 0.15) is 17.5 Å². The summed E-state index contributed by atoms with van der Waals surface area (Å²) in [6, 6.07) is 12.4. The summed E-state index contributed by atoms with van der Waals surface area (Å²) in [5.41, 5.74) is 2.29. The van der Waals surface area contributed by atoms with Gasteiger partial charge in [-0.3, -0.25) is 9.36 Å². The van der Waals surface area contributed by atoms with E-state index in [1.807, 2.05) is 69.3 Å². The number of hydrogen-bond donors (Lipinski definition) is 0. The summed E-state index contributed by atoms with van der Waals surface area (Å²) in [6.45, 7) is 7.96. The van der Waals surface area contributed by atoms with Crippen molar-refractivity contribution in [2.24, 2.45) is 4.99 Å². The number of methoxy groups -OCH3 is 1. The Morgan fingerprint density at radius 1 is 1.18 bits per heavy atom. The SMILES string of the molecule is CCCC1=C(C(=O)OCC)[C@H](c2cc(Br)ccc2OC)n2c(s/c(=C/c3ccc(OC(C)C)cc3)c2=O)=N1. The van der Waals surface area contributed by atoms with Crippen LogP contribution in [0.1, 0.15) is 57.7 Å². The lowest BCUT2D eigenvalue weighted by Gasteiger charge is -2.27. The standard InChI is InChI=1S/C29H31BrN2O5S/c1-6-8-22-25(28(34)36-7-2)26(21-16-19(30)11-14-23(21)35-5)32-27(33)24(38-29(32)31-22)15-18-9-12-20(13-10-18)37-17(3)4/h9-17,26H,6-8H2,1-5H3/b24-15+/t26-/m0/s1. The molecular weight excluding hydrogens is 568 g/mol. The van der Waals surface area contributed by atoms with Crippen LogP contribution in [0, 0.1) is 0 Å². The zero-order chi connectivity index (χ0) is 27.4. The molecule has 0 spiro atoms. The molecule has 2 heterocycles. The first kappa shape index (κ1) is 27.9. The molecule has 0 radical (unpaired) electrons. The maximum atomic E-state index is 13.9. The van der Waals surface area contributed by atoms with Gasteiger partial charge in [0.05, 0.1) is 35.6 Å². The van der Waals surface area contributed by atoms with Crippen LogP contribution in [0.15, 0.2) is 68.0 Å². The molecular formula is C29H31BrN2O5S. The van der Waals surface area contributed by atoms with Crippen LogP contribution in [0.5, 0.6) is 11.5 Å². The second kappa shape index (κ2) is 12.1. The van der Waals surface area contributed by atoms with Crippen molar-refractivity contribution in [3.05, 3.63) is 89.0 Å². The molecule has 0 bridgehead atoms. The van der Waals surface area contributed by atoms with Gasteiger partial charge in [0.15, 0.2) is 4.80 Å². The number of ether oxygens (including phenoxy) is 3. The Morgan fingerprint density at radius 3 is 2.55 bits per heavy atom. The average Bonchev–Trinajstić information content (AvgIpc) is 3.18. The van der Waals surface area contributed by atoms with Gasteiger partial charge in [0.2, 0.25) is 0 Å². The zero-order valence-electron chi connectivity index (χ0n) is 22.1. The minimum absolute atomic E-state index is 0.0745. The van der Waals surface area contributed by atoms with Gasteiger partial charge in [0.25, 0.3) is 5.56 Å². The highest BCUT2D eigenvalue weighted by atomic mass is 79.9. The lowest BCUT2D eigenvalue weighted by molar-refractivity contribution is -0.139. The number of esters is 1. The summed E-state index contributed by atoms with van der Waals surface area (Å²) in [7, 11) is 1.57. The van der Waals surface area contributed by atoms with Crippen molar-refractivity contribution in [1.29, 1.82) is 0 Å². The first-order valence-corrected chi connectivity index (χ1v) is 14.2. The van der Waals surface area contributed by atoms with E-state index >= 15 is 0 Å². The molecule has 7 nitrogen and oxygen atoms in total. The number of rotatable bonds is 9. The maximum absolute atomic E-state index is 13.9. The lowest BCUT2D eigenvalue weighted by atomic mass is 9.93. The smallest absolute Gasteiger partial charge is 0.338 e. The predicted octanol–water partition coefficient (Wildman–Crippen LogP) is 5.14. The van der Waals surface area contributed by atoms with E-state index < -0.39 is 12.0 Å². The fourth-order valence-corrected chi connectivity index (χ4v) is 5.80. The number of hydrogen-bond acceptors (Lipinski definition) is 7. The molecule has 0 unspecified atom stereocenters. The van der Waals surface area contributed by atoms with Crippen molar-refractivity contribution in [3.8, 4) is 11.5 Å². The molecule has 9 heteroatoms. The van der Waals surface area contributed by atoms with Gasteiger partial charge in [-0.05, 0) is 69.2 Å². The number of benzene rings is 2. The second-order valence-electron chi connectivity index (χ2n) is 9.04. The van der Waals surface area contributed by atoms with Crippen molar-refractivity contribution in [2.45, 2.75) is 52.7 Å². The van der Waals surface area contributed by atoms with E-state index in [0.29, 0.717) is 38.3 Å². The van der Waals surface area contributed by atoms with Gasteiger partial charge in [-0.1, -0.05) is 52.7 Å². The Balaban J connectivity index is 1.96. The number of thiazole rings is 1. The number of carbonyl (C=O) groups is 1. The van der Waals surface area contributed by atoms with Gasteiger partial charge < -0.3 is 14.2 Å². The number of halogens is 1. The third-order valence-electron chi connectivity index (χ3n) is 5.93. The van der Waals surface area contributed by atoms with Gasteiger partial charge in [0, 0.05) is 10.0 Å². The average molecular weight is 600 g/mol. The number of carbonyl (C=O) groups excluding carboxylic acids is 1. The largest absolute Gasteiger partial charge is 0.496 e. The van der Waals surface area contributed by atoms with E-state index in [0.717, 1.165) is 22.2 Å². The number of aromatic nitrogens is 1. The minimum Gasteiger partial charge on any atom is -0.496 e. The van der Waals surface area contributed by atoms with Crippen LogP contribution < -0.4 is 24.4 Å². The van der Waals surface area contributed by atoms with Crippen molar-refractivity contribution >= 4 is 39.3 Å². The van der Waals surface area contributed by atoms with Crippen LogP contribution in [-0.2, 0) is 9.53 Å². The summed E-state index contributed by atoms with van der Waals surface area (Å²) in [4.78, 5) is 32.6. The Labute approximate surface area is 234 Å². The lowest BCUT2D eigenvalue weighted by Crippen LogP contribution is -2.40. The molecule has 1 aliphatic heterocycles. The molecule has 0 N–H and O–H groups in total. The van der Waals surface area contributed by atoms with Gasteiger partial charge in [-0.25, -0.2) is 9.79 Å². The van der Waals surface area contributed by atoms with Crippen LogP contribution in [-0.4, -0.2) is 30.4 Å². The molecule has 38 heavy (non-hydrogen) atoms. The summed E-state index contributed by atoms with van der Waals surface area (Å²) < 4.78 is 19.8. The molecule has 0 saturated heterocycles. The molecule has 0 fully saturated rings. The first-order chi connectivity index (χ1) is 18.3. The summed E-state index contributed by atoms with van der Waals surface area (Å²) in [5, 5.41) is 0. The van der Waals surface area contributed by atoms with E-state index in [9.17, 15) is 9.59 Å².